The number of aryl methyl sites for hydroxylation is 2. The molecule has 0 unspecified atom stereocenters. The molecule has 1 aliphatic heterocycles. The summed E-state index contributed by atoms with van der Waals surface area (Å²) in [5.74, 6) is 0.174. The lowest BCUT2D eigenvalue weighted by Crippen LogP contribution is -2.50. The summed E-state index contributed by atoms with van der Waals surface area (Å²) >= 11 is 0. The Labute approximate surface area is 195 Å². The molecule has 0 aliphatic carbocycles. The van der Waals surface area contributed by atoms with Crippen LogP contribution in [0.15, 0.2) is 83.5 Å². The molecule has 0 bridgehead atoms. The fourth-order valence-electron chi connectivity index (χ4n) is 5.15. The lowest BCUT2D eigenvalue weighted by Gasteiger charge is -2.39. The first-order valence-corrected chi connectivity index (χ1v) is 11.7. The maximum Gasteiger partial charge on any atom is 0.227 e. The molecule has 5 rings (SSSR count). The highest BCUT2D eigenvalue weighted by Crippen LogP contribution is 2.30. The molecule has 0 N–H and O–H groups in total. The predicted molar refractivity (Wildman–Crippen MR) is 132 cm³/mol. The van der Waals surface area contributed by atoms with Crippen LogP contribution in [-0.2, 0) is 11.2 Å². The van der Waals surface area contributed by atoms with Gasteiger partial charge in [0.25, 0.3) is 0 Å². The molecule has 1 saturated heterocycles. The third kappa shape index (κ3) is 4.44. The molecule has 4 nitrogen and oxygen atoms in total. The van der Waals surface area contributed by atoms with E-state index in [1.807, 2.05) is 11.0 Å². The molecule has 168 valence electrons. The first kappa shape index (κ1) is 21.5. The van der Waals surface area contributed by atoms with Gasteiger partial charge in [-0.2, -0.15) is 0 Å². The van der Waals surface area contributed by atoms with Crippen LogP contribution >= 0.6 is 0 Å². The molecule has 1 aromatic heterocycles. The van der Waals surface area contributed by atoms with E-state index in [0.717, 1.165) is 42.7 Å². The molecule has 2 heterocycles. The van der Waals surface area contributed by atoms with Crippen molar-refractivity contribution in [2.24, 2.45) is 0 Å². The summed E-state index contributed by atoms with van der Waals surface area (Å²) in [5, 5.41) is 1.08. The van der Waals surface area contributed by atoms with Crippen molar-refractivity contribution in [1.82, 2.24) is 9.80 Å². The molecule has 1 amide bonds. The van der Waals surface area contributed by atoms with Crippen LogP contribution in [0.25, 0.3) is 11.0 Å². The summed E-state index contributed by atoms with van der Waals surface area (Å²) in [6.45, 7) is 7.34. The minimum atomic E-state index is 0.174. The van der Waals surface area contributed by atoms with Crippen LogP contribution < -0.4 is 0 Å². The van der Waals surface area contributed by atoms with Crippen LogP contribution in [0, 0.1) is 13.8 Å². The van der Waals surface area contributed by atoms with Gasteiger partial charge in [0.15, 0.2) is 0 Å². The first-order chi connectivity index (χ1) is 16.1. The summed E-state index contributed by atoms with van der Waals surface area (Å²) < 4.78 is 5.77. The molecule has 3 aromatic carbocycles. The lowest BCUT2D eigenvalue weighted by molar-refractivity contribution is -0.132. The minimum absolute atomic E-state index is 0.174. The molecular weight excluding hydrogens is 408 g/mol. The second-order valence-corrected chi connectivity index (χ2v) is 9.03. The number of nitrogens with zero attached hydrogens (tertiary/aromatic N) is 2. The number of benzene rings is 3. The number of carbonyl (C=O) groups excluding carboxylic acids is 1. The highest BCUT2D eigenvalue weighted by Gasteiger charge is 2.28. The van der Waals surface area contributed by atoms with Crippen molar-refractivity contribution in [2.45, 2.75) is 26.3 Å². The molecule has 4 heteroatoms. The average Bonchev–Trinajstić information content (AvgIpc) is 3.23. The number of hydrogen-bond acceptors (Lipinski definition) is 3. The van der Waals surface area contributed by atoms with Crippen molar-refractivity contribution < 1.29 is 9.21 Å². The van der Waals surface area contributed by atoms with E-state index in [1.54, 1.807) is 6.26 Å². The van der Waals surface area contributed by atoms with E-state index in [0.29, 0.717) is 6.42 Å². The van der Waals surface area contributed by atoms with E-state index in [-0.39, 0.29) is 11.9 Å². The second-order valence-electron chi connectivity index (χ2n) is 9.03. The zero-order valence-electron chi connectivity index (χ0n) is 19.3. The topological polar surface area (TPSA) is 36.7 Å². The summed E-state index contributed by atoms with van der Waals surface area (Å²) in [6.07, 6.45) is 2.14. The third-order valence-corrected chi connectivity index (χ3v) is 6.70. The number of rotatable bonds is 5. The van der Waals surface area contributed by atoms with Crippen LogP contribution in [0.5, 0.6) is 0 Å². The Morgan fingerprint density at radius 1 is 0.879 bits per heavy atom. The Morgan fingerprint density at radius 2 is 1.48 bits per heavy atom. The van der Waals surface area contributed by atoms with E-state index in [1.165, 1.54) is 22.3 Å². The largest absolute Gasteiger partial charge is 0.464 e. The molecule has 0 spiro atoms. The Morgan fingerprint density at radius 3 is 2.09 bits per heavy atom. The van der Waals surface area contributed by atoms with Crippen molar-refractivity contribution in [3.8, 4) is 0 Å². The molecule has 0 atom stereocenters. The predicted octanol–water partition coefficient (Wildman–Crippen LogP) is 5.53. The Hall–Kier alpha value is -3.37. The van der Waals surface area contributed by atoms with Crippen LogP contribution in [0.4, 0.5) is 0 Å². The molecule has 1 fully saturated rings. The van der Waals surface area contributed by atoms with Gasteiger partial charge in [0.05, 0.1) is 18.7 Å². The van der Waals surface area contributed by atoms with Crippen molar-refractivity contribution >= 4 is 16.9 Å². The zero-order chi connectivity index (χ0) is 22.8. The lowest BCUT2D eigenvalue weighted by atomic mass is 9.96. The van der Waals surface area contributed by atoms with E-state index >= 15 is 0 Å². The quantitative estimate of drug-likeness (QED) is 0.411. The number of amides is 1. The zero-order valence-corrected chi connectivity index (χ0v) is 19.3. The number of hydrogen-bond donors (Lipinski definition) is 0. The average molecular weight is 439 g/mol. The van der Waals surface area contributed by atoms with Gasteiger partial charge in [-0.05, 0) is 42.2 Å². The Balaban J connectivity index is 1.30. The summed E-state index contributed by atoms with van der Waals surface area (Å²) in [5.41, 5.74) is 6.78. The van der Waals surface area contributed by atoms with Gasteiger partial charge in [0.1, 0.15) is 5.58 Å². The fourth-order valence-corrected chi connectivity index (χ4v) is 5.15. The normalized spacial score (nSPS) is 14.8. The van der Waals surface area contributed by atoms with Crippen LogP contribution in [0.2, 0.25) is 0 Å². The van der Waals surface area contributed by atoms with Crippen LogP contribution in [0.1, 0.15) is 33.9 Å². The van der Waals surface area contributed by atoms with Gasteiger partial charge in [-0.3, -0.25) is 9.69 Å². The minimum Gasteiger partial charge on any atom is -0.464 e. The highest BCUT2D eigenvalue weighted by atomic mass is 16.3. The van der Waals surface area contributed by atoms with E-state index in [4.69, 9.17) is 4.42 Å². The van der Waals surface area contributed by atoms with Crippen molar-refractivity contribution in [3.05, 3.63) is 107 Å². The summed E-state index contributed by atoms with van der Waals surface area (Å²) in [6, 6.07) is 25.7. The number of piperazine rings is 1. The fraction of sp³-hybridized carbons (Fsp3) is 0.276. The van der Waals surface area contributed by atoms with Crippen molar-refractivity contribution in [3.63, 3.8) is 0 Å². The highest BCUT2D eigenvalue weighted by molar-refractivity contribution is 5.90. The molecule has 4 aromatic rings. The van der Waals surface area contributed by atoms with Gasteiger partial charge >= 0.3 is 0 Å². The maximum absolute atomic E-state index is 13.2. The van der Waals surface area contributed by atoms with E-state index in [9.17, 15) is 4.79 Å². The number of carbonyl (C=O) groups is 1. The SMILES string of the molecule is Cc1cc(C)c2c(CC(=O)N3CCN(C(c4ccccc4)c4ccccc4)CC3)coc2c1. The van der Waals surface area contributed by atoms with Gasteiger partial charge in [-0.15, -0.1) is 0 Å². The molecular formula is C29H30N2O2. The molecule has 0 saturated carbocycles. The summed E-state index contributed by atoms with van der Waals surface area (Å²) in [4.78, 5) is 17.7. The smallest absolute Gasteiger partial charge is 0.227 e. The number of fused-ring (bicyclic) bond motifs is 1. The summed E-state index contributed by atoms with van der Waals surface area (Å²) in [7, 11) is 0. The first-order valence-electron chi connectivity index (χ1n) is 11.7. The van der Waals surface area contributed by atoms with Gasteiger partial charge < -0.3 is 9.32 Å². The Bertz CT molecular complexity index is 1200. The third-order valence-electron chi connectivity index (χ3n) is 6.70. The van der Waals surface area contributed by atoms with Crippen LogP contribution in [-0.4, -0.2) is 41.9 Å². The molecule has 33 heavy (non-hydrogen) atoms. The van der Waals surface area contributed by atoms with E-state index < -0.39 is 0 Å². The Kier molecular flexibility index (Phi) is 6.01. The van der Waals surface area contributed by atoms with Gasteiger partial charge in [-0.1, -0.05) is 66.7 Å². The number of furan rings is 1. The van der Waals surface area contributed by atoms with E-state index in [2.05, 4.69) is 85.5 Å². The maximum atomic E-state index is 13.2. The van der Waals surface area contributed by atoms with Gasteiger partial charge in [0, 0.05) is 37.1 Å². The van der Waals surface area contributed by atoms with Crippen LogP contribution in [0.3, 0.4) is 0 Å². The van der Waals surface area contributed by atoms with Crippen molar-refractivity contribution in [2.75, 3.05) is 26.2 Å². The van der Waals surface area contributed by atoms with Gasteiger partial charge in [0.2, 0.25) is 5.91 Å². The van der Waals surface area contributed by atoms with Crippen molar-refractivity contribution in [1.29, 1.82) is 0 Å². The standard InChI is InChI=1S/C29H30N2O2/c1-21-17-22(2)28-25(20-33-26(28)18-21)19-27(32)30-13-15-31(16-14-30)29(23-9-5-3-6-10-23)24-11-7-4-8-12-24/h3-12,17-18,20,29H,13-16,19H2,1-2H3. The second kappa shape index (κ2) is 9.24. The monoisotopic (exact) mass is 438 g/mol. The van der Waals surface area contributed by atoms with Gasteiger partial charge in [-0.25, -0.2) is 0 Å². The molecule has 1 aliphatic rings. The molecule has 0 radical (unpaired) electrons.